The summed E-state index contributed by atoms with van der Waals surface area (Å²) in [5.41, 5.74) is 7.37. The van der Waals surface area contributed by atoms with Crippen LogP contribution in [-0.4, -0.2) is 15.6 Å². The average Bonchev–Trinajstić information content (AvgIpc) is 2.59. The maximum atomic E-state index is 6.03. The van der Waals surface area contributed by atoms with Crippen molar-refractivity contribution in [1.82, 2.24) is 9.55 Å². The van der Waals surface area contributed by atoms with E-state index in [1.807, 2.05) is 6.20 Å². The molecule has 2 rings (SSSR count). The normalized spacial score (nSPS) is 22.9. The highest BCUT2D eigenvalue weighted by Crippen LogP contribution is 2.31. The van der Waals surface area contributed by atoms with Gasteiger partial charge < -0.3 is 10.3 Å². The van der Waals surface area contributed by atoms with E-state index in [-0.39, 0.29) is 6.04 Å². The molecule has 2 unspecified atom stereocenters. The van der Waals surface area contributed by atoms with Crippen molar-refractivity contribution < 1.29 is 0 Å². The van der Waals surface area contributed by atoms with E-state index >= 15 is 0 Å². The minimum atomic E-state index is 0.237. The maximum absolute atomic E-state index is 6.03. The number of hydrogen-bond donors (Lipinski definition) is 1. The third kappa shape index (κ3) is 1.81. The van der Waals surface area contributed by atoms with Crippen molar-refractivity contribution in [2.24, 2.45) is 5.73 Å². The summed E-state index contributed by atoms with van der Waals surface area (Å²) in [5, 5.41) is 0. The third-order valence-corrected chi connectivity index (χ3v) is 3.35. The van der Waals surface area contributed by atoms with Crippen molar-refractivity contribution >= 4 is 0 Å². The molecule has 1 aromatic rings. The first kappa shape index (κ1) is 10.7. The number of hydrogen-bond acceptors (Lipinski definition) is 2. The van der Waals surface area contributed by atoms with Crippen molar-refractivity contribution in [3.05, 3.63) is 17.7 Å². The molecule has 0 aromatic carbocycles. The van der Waals surface area contributed by atoms with Crippen LogP contribution in [0.15, 0.2) is 6.20 Å². The monoisotopic (exact) mass is 207 g/mol. The topological polar surface area (TPSA) is 43.8 Å². The summed E-state index contributed by atoms with van der Waals surface area (Å²) in [4.78, 5) is 4.54. The van der Waals surface area contributed by atoms with E-state index in [4.69, 9.17) is 5.73 Å². The van der Waals surface area contributed by atoms with Crippen LogP contribution in [0.3, 0.4) is 0 Å². The van der Waals surface area contributed by atoms with Crippen molar-refractivity contribution in [2.75, 3.05) is 0 Å². The molecular formula is C12H21N3. The zero-order chi connectivity index (χ0) is 11.0. The average molecular weight is 207 g/mol. The first-order valence-electron chi connectivity index (χ1n) is 5.92. The molecule has 0 bridgehead atoms. The van der Waals surface area contributed by atoms with Gasteiger partial charge in [0.2, 0.25) is 0 Å². The first-order valence-corrected chi connectivity index (χ1v) is 5.92. The molecule has 1 aliphatic rings. The van der Waals surface area contributed by atoms with Gasteiger partial charge in [0, 0.05) is 36.3 Å². The van der Waals surface area contributed by atoms with E-state index in [1.165, 1.54) is 24.4 Å². The van der Waals surface area contributed by atoms with Crippen LogP contribution in [0.25, 0.3) is 0 Å². The summed E-state index contributed by atoms with van der Waals surface area (Å²) in [5.74, 6) is 2.22. The van der Waals surface area contributed by atoms with Crippen LogP contribution in [0, 0.1) is 0 Å². The van der Waals surface area contributed by atoms with Gasteiger partial charge in [-0.2, -0.15) is 0 Å². The van der Waals surface area contributed by atoms with Crippen LogP contribution < -0.4 is 5.73 Å². The Balaban J connectivity index is 2.38. The second-order valence-electron chi connectivity index (χ2n) is 4.96. The quantitative estimate of drug-likeness (QED) is 0.808. The van der Waals surface area contributed by atoms with E-state index in [9.17, 15) is 0 Å². The Morgan fingerprint density at radius 2 is 2.20 bits per heavy atom. The molecule has 2 N–H and O–H groups in total. The predicted octanol–water partition coefficient (Wildman–Crippen LogP) is 2.23. The molecule has 0 saturated heterocycles. The van der Waals surface area contributed by atoms with Crippen molar-refractivity contribution in [3.63, 3.8) is 0 Å². The lowest BCUT2D eigenvalue weighted by Crippen LogP contribution is -2.30. The van der Waals surface area contributed by atoms with Gasteiger partial charge in [-0.25, -0.2) is 4.98 Å². The third-order valence-electron chi connectivity index (χ3n) is 3.35. The van der Waals surface area contributed by atoms with Gasteiger partial charge in [-0.05, 0) is 19.8 Å². The van der Waals surface area contributed by atoms with Gasteiger partial charge in [-0.3, -0.25) is 0 Å². The van der Waals surface area contributed by atoms with E-state index < -0.39 is 0 Å². The number of fused-ring (bicyclic) bond motifs is 1. The Morgan fingerprint density at radius 1 is 1.47 bits per heavy atom. The molecule has 2 heterocycles. The largest absolute Gasteiger partial charge is 0.331 e. The molecule has 84 valence electrons. The SMILES string of the molecule is CC(C)c1ncc2n1CCCC2C(C)N. The van der Waals surface area contributed by atoms with E-state index in [0.29, 0.717) is 11.8 Å². The highest BCUT2D eigenvalue weighted by molar-refractivity contribution is 5.16. The van der Waals surface area contributed by atoms with Gasteiger partial charge in [0.1, 0.15) is 5.82 Å². The minimum Gasteiger partial charge on any atom is -0.331 e. The summed E-state index contributed by atoms with van der Waals surface area (Å²) in [6.45, 7) is 7.62. The van der Waals surface area contributed by atoms with Crippen LogP contribution >= 0.6 is 0 Å². The summed E-state index contributed by atoms with van der Waals surface area (Å²) in [6, 6.07) is 0.237. The Kier molecular flexibility index (Phi) is 2.83. The lowest BCUT2D eigenvalue weighted by molar-refractivity contribution is 0.403. The van der Waals surface area contributed by atoms with Crippen molar-refractivity contribution in [2.45, 2.75) is 58.0 Å². The lowest BCUT2D eigenvalue weighted by atomic mass is 9.90. The Bertz CT molecular complexity index is 339. The molecule has 0 amide bonds. The van der Waals surface area contributed by atoms with Gasteiger partial charge in [0.15, 0.2) is 0 Å². The summed E-state index contributed by atoms with van der Waals surface area (Å²) in [6.07, 6.45) is 4.47. The van der Waals surface area contributed by atoms with E-state index in [0.717, 1.165) is 6.54 Å². The van der Waals surface area contributed by atoms with Crippen LogP contribution in [0.4, 0.5) is 0 Å². The molecule has 2 atom stereocenters. The highest BCUT2D eigenvalue weighted by atomic mass is 15.1. The van der Waals surface area contributed by atoms with E-state index in [2.05, 4.69) is 30.3 Å². The van der Waals surface area contributed by atoms with Crippen molar-refractivity contribution in [1.29, 1.82) is 0 Å². The zero-order valence-corrected chi connectivity index (χ0v) is 9.90. The Morgan fingerprint density at radius 3 is 2.80 bits per heavy atom. The number of aromatic nitrogens is 2. The molecule has 0 saturated carbocycles. The molecule has 15 heavy (non-hydrogen) atoms. The standard InChI is InChI=1S/C12H21N3/c1-8(2)12-14-7-11-10(9(3)13)5-4-6-15(11)12/h7-10H,4-6,13H2,1-3H3. The Labute approximate surface area is 91.7 Å². The second kappa shape index (κ2) is 3.97. The number of imidazole rings is 1. The fourth-order valence-corrected chi connectivity index (χ4v) is 2.55. The molecule has 0 radical (unpaired) electrons. The van der Waals surface area contributed by atoms with Gasteiger partial charge in [-0.1, -0.05) is 13.8 Å². The van der Waals surface area contributed by atoms with Crippen LogP contribution in [0.2, 0.25) is 0 Å². The van der Waals surface area contributed by atoms with Gasteiger partial charge >= 0.3 is 0 Å². The number of nitrogens with zero attached hydrogens (tertiary/aromatic N) is 2. The van der Waals surface area contributed by atoms with E-state index in [1.54, 1.807) is 0 Å². The molecule has 0 fully saturated rings. The number of rotatable bonds is 2. The smallest absolute Gasteiger partial charge is 0.111 e. The second-order valence-corrected chi connectivity index (χ2v) is 4.96. The van der Waals surface area contributed by atoms with Crippen LogP contribution in [-0.2, 0) is 6.54 Å². The van der Waals surface area contributed by atoms with Gasteiger partial charge in [0.25, 0.3) is 0 Å². The Hall–Kier alpha value is -0.830. The summed E-state index contributed by atoms with van der Waals surface area (Å²) >= 11 is 0. The maximum Gasteiger partial charge on any atom is 0.111 e. The fourth-order valence-electron chi connectivity index (χ4n) is 2.55. The molecule has 0 spiro atoms. The highest BCUT2D eigenvalue weighted by Gasteiger charge is 2.26. The van der Waals surface area contributed by atoms with Crippen LogP contribution in [0.5, 0.6) is 0 Å². The number of nitrogens with two attached hydrogens (primary N) is 1. The molecular weight excluding hydrogens is 186 g/mol. The summed E-state index contributed by atoms with van der Waals surface area (Å²) in [7, 11) is 0. The fraction of sp³-hybridized carbons (Fsp3) is 0.750. The molecule has 3 nitrogen and oxygen atoms in total. The molecule has 1 aromatic heterocycles. The van der Waals surface area contributed by atoms with Gasteiger partial charge in [-0.15, -0.1) is 0 Å². The molecule has 3 heteroatoms. The lowest BCUT2D eigenvalue weighted by Gasteiger charge is -2.28. The van der Waals surface area contributed by atoms with Crippen molar-refractivity contribution in [3.8, 4) is 0 Å². The minimum absolute atomic E-state index is 0.237. The first-order chi connectivity index (χ1) is 7.11. The van der Waals surface area contributed by atoms with Gasteiger partial charge in [0.05, 0.1) is 0 Å². The summed E-state index contributed by atoms with van der Waals surface area (Å²) < 4.78 is 2.38. The zero-order valence-electron chi connectivity index (χ0n) is 9.90. The van der Waals surface area contributed by atoms with Crippen LogP contribution in [0.1, 0.15) is 57.0 Å². The molecule has 1 aliphatic heterocycles. The predicted molar refractivity (Wildman–Crippen MR) is 61.9 cm³/mol. The molecule has 0 aliphatic carbocycles.